The van der Waals surface area contributed by atoms with E-state index in [4.69, 9.17) is 9.72 Å². The first-order chi connectivity index (χ1) is 13.2. The van der Waals surface area contributed by atoms with Crippen LogP contribution in [-0.4, -0.2) is 48.6 Å². The number of benzene rings is 1. The Morgan fingerprint density at radius 2 is 1.93 bits per heavy atom. The fraction of sp³-hybridized carbons (Fsp3) is 0.545. The van der Waals surface area contributed by atoms with Crippen molar-refractivity contribution in [3.63, 3.8) is 0 Å². The number of rotatable bonds is 8. The molecule has 0 radical (unpaired) electrons. The van der Waals surface area contributed by atoms with Crippen molar-refractivity contribution in [3.8, 4) is 0 Å². The minimum atomic E-state index is 0.0482. The maximum atomic E-state index is 12.8. The molecule has 1 aliphatic rings. The molecular weight excluding hydrogens is 338 g/mol. The molecule has 146 valence electrons. The van der Waals surface area contributed by atoms with E-state index < -0.39 is 0 Å². The number of carbonyl (C=O) groups excluding carboxylic acids is 1. The number of hydrogen-bond acceptors (Lipinski definition) is 4. The lowest BCUT2D eigenvalue weighted by Gasteiger charge is -2.26. The van der Waals surface area contributed by atoms with Crippen LogP contribution in [0, 0.1) is 0 Å². The van der Waals surface area contributed by atoms with E-state index in [0.29, 0.717) is 19.8 Å². The molecule has 1 aliphatic heterocycles. The topological polar surface area (TPSA) is 54.5 Å². The minimum absolute atomic E-state index is 0.0482. The molecule has 1 saturated heterocycles. The molecule has 1 amide bonds. The average molecular weight is 370 g/mol. The van der Waals surface area contributed by atoms with Gasteiger partial charge in [-0.25, -0.2) is 0 Å². The van der Waals surface area contributed by atoms with Crippen LogP contribution in [0.2, 0.25) is 0 Å². The molecule has 1 aromatic carbocycles. The number of nitrogens with zero attached hydrogens (tertiary/aromatic N) is 2. The number of pyridine rings is 1. The lowest BCUT2D eigenvalue weighted by Crippen LogP contribution is -2.41. The van der Waals surface area contributed by atoms with E-state index in [1.54, 1.807) is 0 Å². The number of aryl methyl sites for hydroxylation is 1. The Morgan fingerprint density at radius 1 is 1.15 bits per heavy atom. The van der Waals surface area contributed by atoms with Crippen LogP contribution in [-0.2, 0) is 22.4 Å². The third kappa shape index (κ3) is 5.05. The first-order valence-electron chi connectivity index (χ1n) is 10.2. The Morgan fingerprint density at radius 3 is 2.67 bits per heavy atom. The number of morpholine rings is 1. The van der Waals surface area contributed by atoms with Gasteiger partial charge in [0.1, 0.15) is 0 Å². The number of nitrogens with one attached hydrogen (secondary N) is 1. The van der Waals surface area contributed by atoms with Gasteiger partial charge in [0.15, 0.2) is 0 Å². The van der Waals surface area contributed by atoms with Gasteiger partial charge in [-0.15, -0.1) is 0 Å². The summed E-state index contributed by atoms with van der Waals surface area (Å²) in [6, 6.07) is 8.13. The number of ether oxygens (including phenoxy) is 1. The predicted molar refractivity (Wildman–Crippen MR) is 110 cm³/mol. The van der Waals surface area contributed by atoms with Crippen molar-refractivity contribution in [2.75, 3.05) is 38.2 Å². The molecule has 1 aromatic heterocycles. The second-order valence-corrected chi connectivity index (χ2v) is 7.22. The zero-order chi connectivity index (χ0) is 19.1. The molecule has 1 N–H and O–H groups in total. The van der Waals surface area contributed by atoms with Crippen LogP contribution in [0.5, 0.6) is 0 Å². The van der Waals surface area contributed by atoms with Crippen LogP contribution in [0.3, 0.4) is 0 Å². The average Bonchev–Trinajstić information content (AvgIpc) is 2.69. The summed E-state index contributed by atoms with van der Waals surface area (Å²) in [6.45, 7) is 7.82. The van der Waals surface area contributed by atoms with Crippen LogP contribution in [0.4, 0.5) is 5.69 Å². The lowest BCUT2D eigenvalue weighted by atomic mass is 9.98. The summed E-state index contributed by atoms with van der Waals surface area (Å²) < 4.78 is 5.38. The van der Waals surface area contributed by atoms with E-state index >= 15 is 0 Å². The number of fused-ring (bicyclic) bond motifs is 1. The second-order valence-electron chi connectivity index (χ2n) is 7.22. The molecular formula is C22H31N3O2. The van der Waals surface area contributed by atoms with Gasteiger partial charge in [-0.3, -0.25) is 14.7 Å². The zero-order valence-electron chi connectivity index (χ0n) is 16.6. The van der Waals surface area contributed by atoms with Crippen molar-refractivity contribution in [3.05, 3.63) is 35.5 Å². The zero-order valence-corrected chi connectivity index (χ0v) is 16.6. The fourth-order valence-electron chi connectivity index (χ4n) is 3.66. The summed E-state index contributed by atoms with van der Waals surface area (Å²) in [5.41, 5.74) is 4.27. The number of para-hydroxylation sites is 1. The molecule has 0 unspecified atom stereocenters. The molecule has 5 nitrogen and oxygen atoms in total. The van der Waals surface area contributed by atoms with E-state index in [0.717, 1.165) is 67.5 Å². The SMILES string of the molecule is CCCCc1nc2ccccc2c(NC(=O)CN2CCOCC2)c1CCC. The molecule has 0 aliphatic carbocycles. The first-order valence-corrected chi connectivity index (χ1v) is 10.2. The molecule has 2 heterocycles. The smallest absolute Gasteiger partial charge is 0.238 e. The summed E-state index contributed by atoms with van der Waals surface area (Å²) in [7, 11) is 0. The Balaban J connectivity index is 1.92. The molecule has 0 spiro atoms. The number of unbranched alkanes of at least 4 members (excludes halogenated alkanes) is 1. The van der Waals surface area contributed by atoms with Gasteiger partial charge in [0.05, 0.1) is 31.0 Å². The third-order valence-electron chi connectivity index (χ3n) is 5.08. The van der Waals surface area contributed by atoms with Gasteiger partial charge < -0.3 is 10.1 Å². The number of anilines is 1. The van der Waals surface area contributed by atoms with Crippen LogP contribution in [0.1, 0.15) is 44.4 Å². The summed E-state index contributed by atoms with van der Waals surface area (Å²) in [4.78, 5) is 19.9. The maximum absolute atomic E-state index is 12.8. The van der Waals surface area contributed by atoms with Gasteiger partial charge in [0, 0.05) is 24.2 Å². The molecule has 2 aromatic rings. The molecule has 5 heteroatoms. The largest absolute Gasteiger partial charge is 0.379 e. The Bertz CT molecular complexity index is 769. The Kier molecular flexibility index (Phi) is 7.18. The molecule has 3 rings (SSSR count). The number of amides is 1. The highest BCUT2D eigenvalue weighted by Crippen LogP contribution is 2.30. The maximum Gasteiger partial charge on any atom is 0.238 e. The van der Waals surface area contributed by atoms with Crippen molar-refractivity contribution in [2.24, 2.45) is 0 Å². The first kappa shape index (κ1) is 19.8. The van der Waals surface area contributed by atoms with Gasteiger partial charge in [-0.1, -0.05) is 44.9 Å². The normalized spacial score (nSPS) is 15.2. The van der Waals surface area contributed by atoms with E-state index in [2.05, 4.69) is 30.1 Å². The molecule has 1 fully saturated rings. The minimum Gasteiger partial charge on any atom is -0.379 e. The van der Waals surface area contributed by atoms with Gasteiger partial charge >= 0.3 is 0 Å². The number of carbonyl (C=O) groups is 1. The van der Waals surface area contributed by atoms with Gasteiger partial charge in [0.2, 0.25) is 5.91 Å². The van der Waals surface area contributed by atoms with Crippen LogP contribution in [0.15, 0.2) is 24.3 Å². The lowest BCUT2D eigenvalue weighted by molar-refractivity contribution is -0.118. The highest BCUT2D eigenvalue weighted by atomic mass is 16.5. The summed E-state index contributed by atoms with van der Waals surface area (Å²) >= 11 is 0. The molecule has 0 bridgehead atoms. The highest BCUT2D eigenvalue weighted by Gasteiger charge is 2.19. The van der Waals surface area contributed by atoms with Crippen molar-refractivity contribution >= 4 is 22.5 Å². The van der Waals surface area contributed by atoms with Crippen LogP contribution in [0.25, 0.3) is 10.9 Å². The van der Waals surface area contributed by atoms with Gasteiger partial charge in [0.25, 0.3) is 0 Å². The summed E-state index contributed by atoms with van der Waals surface area (Å²) in [5.74, 6) is 0.0482. The summed E-state index contributed by atoms with van der Waals surface area (Å²) in [6.07, 6.45) is 5.18. The van der Waals surface area contributed by atoms with E-state index in [1.807, 2.05) is 18.2 Å². The van der Waals surface area contributed by atoms with E-state index in [-0.39, 0.29) is 5.91 Å². The molecule has 0 atom stereocenters. The Hall–Kier alpha value is -1.98. The highest BCUT2D eigenvalue weighted by molar-refractivity contribution is 6.03. The predicted octanol–water partition coefficient (Wildman–Crippen LogP) is 3.80. The van der Waals surface area contributed by atoms with Gasteiger partial charge in [-0.05, 0) is 30.9 Å². The fourth-order valence-corrected chi connectivity index (χ4v) is 3.66. The Labute approximate surface area is 162 Å². The van der Waals surface area contributed by atoms with Crippen molar-refractivity contribution in [1.82, 2.24) is 9.88 Å². The molecule has 27 heavy (non-hydrogen) atoms. The number of hydrogen-bond donors (Lipinski definition) is 1. The third-order valence-corrected chi connectivity index (χ3v) is 5.08. The standard InChI is InChI=1S/C22H31N3O2/c1-3-5-10-19-17(8-4-2)22(18-9-6-7-11-20(18)23-19)24-21(26)16-25-12-14-27-15-13-25/h6-7,9,11H,3-5,8,10,12-16H2,1-2H3,(H,23,24,26). The van der Waals surface area contributed by atoms with E-state index in [9.17, 15) is 4.79 Å². The van der Waals surface area contributed by atoms with Crippen molar-refractivity contribution in [2.45, 2.75) is 46.0 Å². The summed E-state index contributed by atoms with van der Waals surface area (Å²) in [5, 5.41) is 4.28. The number of aromatic nitrogens is 1. The quantitative estimate of drug-likeness (QED) is 0.769. The second kappa shape index (κ2) is 9.81. The van der Waals surface area contributed by atoms with E-state index in [1.165, 1.54) is 5.56 Å². The van der Waals surface area contributed by atoms with Crippen molar-refractivity contribution in [1.29, 1.82) is 0 Å². The van der Waals surface area contributed by atoms with Crippen LogP contribution < -0.4 is 5.32 Å². The monoisotopic (exact) mass is 369 g/mol. The molecule has 0 saturated carbocycles. The van der Waals surface area contributed by atoms with Gasteiger partial charge in [-0.2, -0.15) is 0 Å². The van der Waals surface area contributed by atoms with Crippen molar-refractivity contribution < 1.29 is 9.53 Å². The van der Waals surface area contributed by atoms with Crippen LogP contribution >= 0.6 is 0 Å².